The highest BCUT2D eigenvalue weighted by atomic mass is 32.1. The number of thiophene rings is 1. The van der Waals surface area contributed by atoms with Gasteiger partial charge >= 0.3 is 0 Å². The summed E-state index contributed by atoms with van der Waals surface area (Å²) in [6, 6.07) is 9.91. The Hall–Kier alpha value is -2.14. The van der Waals surface area contributed by atoms with E-state index in [1.54, 1.807) is 17.7 Å². The van der Waals surface area contributed by atoms with E-state index in [4.69, 9.17) is 5.73 Å². The van der Waals surface area contributed by atoms with Crippen LogP contribution in [0.5, 0.6) is 0 Å². The van der Waals surface area contributed by atoms with E-state index in [2.05, 4.69) is 34.3 Å². The Morgan fingerprint density at radius 3 is 2.89 bits per heavy atom. The molecule has 0 atom stereocenters. The van der Waals surface area contributed by atoms with Gasteiger partial charge in [0.05, 0.1) is 12.1 Å². The molecule has 96 valence electrons. The van der Waals surface area contributed by atoms with E-state index >= 15 is 0 Å². The van der Waals surface area contributed by atoms with Gasteiger partial charge in [-0.15, -0.1) is 11.3 Å². The SMILES string of the molecule is Cc1ccc(CNc2ncnc3ccc(N)cc23)s1. The fraction of sp³-hybridized carbons (Fsp3) is 0.143. The van der Waals surface area contributed by atoms with Crippen LogP contribution in [0, 0.1) is 6.92 Å². The molecule has 0 saturated heterocycles. The van der Waals surface area contributed by atoms with Crippen molar-refractivity contribution in [3.8, 4) is 0 Å². The number of nitrogen functional groups attached to an aromatic ring is 1. The number of hydrogen-bond acceptors (Lipinski definition) is 5. The summed E-state index contributed by atoms with van der Waals surface area (Å²) in [4.78, 5) is 11.1. The van der Waals surface area contributed by atoms with E-state index in [0.717, 1.165) is 29.0 Å². The molecule has 3 rings (SSSR count). The lowest BCUT2D eigenvalue weighted by Crippen LogP contribution is -2.01. The van der Waals surface area contributed by atoms with Crippen molar-refractivity contribution in [2.45, 2.75) is 13.5 Å². The van der Waals surface area contributed by atoms with Gasteiger partial charge in [0.1, 0.15) is 12.1 Å². The topological polar surface area (TPSA) is 63.8 Å². The molecule has 0 spiro atoms. The van der Waals surface area contributed by atoms with Gasteiger partial charge in [0.15, 0.2) is 0 Å². The number of nitrogens with one attached hydrogen (secondary N) is 1. The second-order valence-corrected chi connectivity index (χ2v) is 5.74. The molecule has 4 nitrogen and oxygen atoms in total. The molecule has 3 N–H and O–H groups in total. The van der Waals surface area contributed by atoms with Crippen LogP contribution >= 0.6 is 11.3 Å². The first-order valence-corrected chi connectivity index (χ1v) is 6.83. The van der Waals surface area contributed by atoms with Crippen LogP contribution in [0.3, 0.4) is 0 Å². The molecule has 1 aromatic carbocycles. The van der Waals surface area contributed by atoms with Crippen molar-refractivity contribution in [3.63, 3.8) is 0 Å². The summed E-state index contributed by atoms with van der Waals surface area (Å²) in [6.07, 6.45) is 1.57. The van der Waals surface area contributed by atoms with E-state index in [0.29, 0.717) is 0 Å². The van der Waals surface area contributed by atoms with Gasteiger partial charge in [-0.1, -0.05) is 0 Å². The number of aryl methyl sites for hydroxylation is 1. The molecule has 0 aliphatic rings. The minimum absolute atomic E-state index is 0.720. The third-order valence-corrected chi connectivity index (χ3v) is 3.89. The molecule has 0 radical (unpaired) electrons. The first-order chi connectivity index (χ1) is 9.22. The Balaban J connectivity index is 1.90. The molecule has 0 unspecified atom stereocenters. The lowest BCUT2D eigenvalue weighted by Gasteiger charge is -2.07. The summed E-state index contributed by atoms with van der Waals surface area (Å²) >= 11 is 1.78. The summed E-state index contributed by atoms with van der Waals surface area (Å²) in [5.74, 6) is 0.823. The van der Waals surface area contributed by atoms with E-state index < -0.39 is 0 Å². The molecule has 3 aromatic rings. The summed E-state index contributed by atoms with van der Waals surface area (Å²) in [5, 5.41) is 4.30. The fourth-order valence-corrected chi connectivity index (χ4v) is 2.80. The van der Waals surface area contributed by atoms with Gasteiger partial charge in [-0.25, -0.2) is 9.97 Å². The van der Waals surface area contributed by atoms with Crippen molar-refractivity contribution < 1.29 is 0 Å². The van der Waals surface area contributed by atoms with Crippen molar-refractivity contribution in [2.24, 2.45) is 0 Å². The van der Waals surface area contributed by atoms with Crippen molar-refractivity contribution in [1.82, 2.24) is 9.97 Å². The van der Waals surface area contributed by atoms with E-state index in [-0.39, 0.29) is 0 Å². The molecule has 0 fully saturated rings. The van der Waals surface area contributed by atoms with Crippen LogP contribution in [0.15, 0.2) is 36.7 Å². The molecular formula is C14H14N4S. The smallest absolute Gasteiger partial charge is 0.137 e. The maximum atomic E-state index is 5.82. The highest BCUT2D eigenvalue weighted by Gasteiger charge is 2.04. The number of rotatable bonds is 3. The predicted molar refractivity (Wildman–Crippen MR) is 80.3 cm³/mol. The van der Waals surface area contributed by atoms with E-state index in [1.165, 1.54) is 9.75 Å². The molecule has 2 heterocycles. The van der Waals surface area contributed by atoms with Crippen LogP contribution in [0.1, 0.15) is 9.75 Å². The highest BCUT2D eigenvalue weighted by molar-refractivity contribution is 7.11. The maximum Gasteiger partial charge on any atom is 0.137 e. The Morgan fingerprint density at radius 2 is 2.11 bits per heavy atom. The average molecular weight is 270 g/mol. The van der Waals surface area contributed by atoms with Gasteiger partial charge in [0.25, 0.3) is 0 Å². The number of nitrogens with zero attached hydrogens (tertiary/aromatic N) is 2. The largest absolute Gasteiger partial charge is 0.399 e. The number of hydrogen-bond donors (Lipinski definition) is 2. The molecule has 0 aliphatic carbocycles. The Bertz CT molecular complexity index is 720. The highest BCUT2D eigenvalue weighted by Crippen LogP contribution is 2.23. The first-order valence-electron chi connectivity index (χ1n) is 6.02. The number of nitrogens with two attached hydrogens (primary N) is 1. The molecule has 0 amide bonds. The van der Waals surface area contributed by atoms with Gasteiger partial charge < -0.3 is 11.1 Å². The predicted octanol–water partition coefficient (Wildman–Crippen LogP) is 3.19. The van der Waals surface area contributed by atoms with Gasteiger partial charge in [-0.3, -0.25) is 0 Å². The van der Waals surface area contributed by atoms with E-state index in [1.807, 2.05) is 18.2 Å². The van der Waals surface area contributed by atoms with Crippen LogP contribution in [0.2, 0.25) is 0 Å². The van der Waals surface area contributed by atoms with Gasteiger partial charge in [0, 0.05) is 20.8 Å². The second-order valence-electron chi connectivity index (χ2n) is 4.36. The van der Waals surface area contributed by atoms with Crippen LogP contribution in [-0.2, 0) is 6.54 Å². The number of benzene rings is 1. The molecule has 0 saturated carbocycles. The van der Waals surface area contributed by atoms with Crippen LogP contribution in [0.25, 0.3) is 10.9 Å². The third-order valence-electron chi connectivity index (χ3n) is 2.89. The van der Waals surface area contributed by atoms with Gasteiger partial charge in [-0.05, 0) is 37.3 Å². The zero-order valence-corrected chi connectivity index (χ0v) is 11.4. The fourth-order valence-electron chi connectivity index (χ4n) is 1.97. The molecule has 0 bridgehead atoms. The quantitative estimate of drug-likeness (QED) is 0.717. The second kappa shape index (κ2) is 4.85. The first kappa shape index (κ1) is 11.9. The molecule has 0 aliphatic heterocycles. The molecular weight excluding hydrogens is 256 g/mol. The number of fused-ring (bicyclic) bond motifs is 1. The molecule has 19 heavy (non-hydrogen) atoms. The normalized spacial score (nSPS) is 10.8. The van der Waals surface area contributed by atoms with Crippen molar-refractivity contribution in [1.29, 1.82) is 0 Å². The van der Waals surface area contributed by atoms with Crippen LogP contribution < -0.4 is 11.1 Å². The maximum absolute atomic E-state index is 5.82. The lowest BCUT2D eigenvalue weighted by atomic mass is 10.2. The molecule has 5 heteroatoms. The summed E-state index contributed by atoms with van der Waals surface area (Å²) in [5.41, 5.74) is 7.44. The van der Waals surface area contributed by atoms with E-state index in [9.17, 15) is 0 Å². The zero-order valence-electron chi connectivity index (χ0n) is 10.6. The summed E-state index contributed by atoms with van der Waals surface area (Å²) in [6.45, 7) is 2.87. The third kappa shape index (κ3) is 2.51. The molecule has 2 aromatic heterocycles. The zero-order chi connectivity index (χ0) is 13.2. The Kier molecular flexibility index (Phi) is 3.05. The van der Waals surface area contributed by atoms with Crippen molar-refractivity contribution >= 4 is 33.7 Å². The van der Waals surface area contributed by atoms with Crippen molar-refractivity contribution in [3.05, 3.63) is 46.4 Å². The van der Waals surface area contributed by atoms with Gasteiger partial charge in [0.2, 0.25) is 0 Å². The monoisotopic (exact) mass is 270 g/mol. The van der Waals surface area contributed by atoms with Crippen LogP contribution in [0.4, 0.5) is 11.5 Å². The number of anilines is 2. The standard InChI is InChI=1S/C14H14N4S/c1-9-2-4-11(19-9)7-16-14-12-6-10(15)3-5-13(12)17-8-18-14/h2-6,8H,7,15H2,1H3,(H,16,17,18). The van der Waals surface area contributed by atoms with Crippen molar-refractivity contribution in [2.75, 3.05) is 11.1 Å². The lowest BCUT2D eigenvalue weighted by molar-refractivity contribution is 1.13. The Morgan fingerprint density at radius 1 is 1.21 bits per heavy atom. The number of aromatic nitrogens is 2. The van der Waals surface area contributed by atoms with Crippen LogP contribution in [-0.4, -0.2) is 9.97 Å². The summed E-state index contributed by atoms with van der Waals surface area (Å²) < 4.78 is 0. The van der Waals surface area contributed by atoms with Gasteiger partial charge in [-0.2, -0.15) is 0 Å². The summed E-state index contributed by atoms with van der Waals surface area (Å²) in [7, 11) is 0. The minimum Gasteiger partial charge on any atom is -0.399 e. The minimum atomic E-state index is 0.720. The average Bonchev–Trinajstić information content (AvgIpc) is 2.82. The Labute approximate surface area is 115 Å².